The van der Waals surface area contributed by atoms with E-state index < -0.39 is 23.2 Å². The third-order valence-electron chi connectivity index (χ3n) is 5.66. The van der Waals surface area contributed by atoms with Crippen LogP contribution in [-0.4, -0.2) is 28.3 Å². The summed E-state index contributed by atoms with van der Waals surface area (Å²) in [5.74, 6) is -2.53. The number of carbonyl (C=O) groups is 3. The third-order valence-corrected chi connectivity index (χ3v) is 6.99. The molecular weight excluding hydrogens is 456 g/mol. The summed E-state index contributed by atoms with van der Waals surface area (Å²) in [4.78, 5) is 40.0. The number of rotatable bonds is 5. The SMILES string of the molecule is CCc1ccc(N[C@@H]2NC(=O)/C(=C\[C@H]3C(=O)NC(=S)N(c4ccc(C)c(C)c4)C3=O)S2)cc1. The average Bonchev–Trinajstić information content (AvgIpc) is 3.12. The zero-order chi connectivity index (χ0) is 23.7. The van der Waals surface area contributed by atoms with Crippen molar-refractivity contribution in [2.24, 2.45) is 5.92 Å². The lowest BCUT2D eigenvalue weighted by Gasteiger charge is -2.31. The van der Waals surface area contributed by atoms with Gasteiger partial charge in [0.15, 0.2) is 10.6 Å². The maximum atomic E-state index is 13.2. The Morgan fingerprint density at radius 3 is 2.48 bits per heavy atom. The summed E-state index contributed by atoms with van der Waals surface area (Å²) in [7, 11) is 0. The van der Waals surface area contributed by atoms with Gasteiger partial charge in [-0.15, -0.1) is 0 Å². The van der Waals surface area contributed by atoms with Gasteiger partial charge in [0, 0.05) is 5.69 Å². The molecule has 0 bridgehead atoms. The first kappa shape index (κ1) is 23.0. The van der Waals surface area contributed by atoms with Crippen molar-refractivity contribution in [1.82, 2.24) is 10.6 Å². The third kappa shape index (κ3) is 4.79. The van der Waals surface area contributed by atoms with Crippen molar-refractivity contribution in [1.29, 1.82) is 0 Å². The number of benzene rings is 2. The van der Waals surface area contributed by atoms with Crippen LogP contribution in [0.2, 0.25) is 0 Å². The zero-order valence-corrected chi connectivity index (χ0v) is 20.1. The number of amides is 3. The molecule has 0 aromatic heterocycles. The summed E-state index contributed by atoms with van der Waals surface area (Å²) in [5, 5.41) is 8.69. The molecule has 2 aromatic carbocycles. The molecule has 0 unspecified atom stereocenters. The molecule has 2 aromatic rings. The van der Waals surface area contributed by atoms with E-state index in [1.807, 2.05) is 50.2 Å². The van der Waals surface area contributed by atoms with E-state index in [9.17, 15) is 14.4 Å². The van der Waals surface area contributed by atoms with Crippen molar-refractivity contribution in [3.8, 4) is 0 Å². The van der Waals surface area contributed by atoms with Gasteiger partial charge in [0.05, 0.1) is 10.6 Å². The van der Waals surface area contributed by atoms with Crippen LogP contribution in [-0.2, 0) is 20.8 Å². The van der Waals surface area contributed by atoms with E-state index in [1.165, 1.54) is 28.3 Å². The van der Waals surface area contributed by atoms with E-state index >= 15 is 0 Å². The standard InChI is InChI=1S/C24H24N4O3S2/c1-4-15-6-8-16(9-7-15)25-23-26-21(30)19(33-23)12-18-20(29)27-24(32)28(22(18)31)17-10-5-13(2)14(3)11-17/h5-12,18,23,25H,4H2,1-3H3,(H,26,30)(H,27,29,32)/b19-12+/t18-,23+/m0/s1. The van der Waals surface area contributed by atoms with Gasteiger partial charge in [-0.2, -0.15) is 0 Å². The molecule has 2 aliphatic rings. The van der Waals surface area contributed by atoms with Crippen LogP contribution in [0.1, 0.15) is 23.6 Å². The molecule has 3 N–H and O–H groups in total. The zero-order valence-electron chi connectivity index (χ0n) is 18.5. The highest BCUT2D eigenvalue weighted by Gasteiger charge is 2.40. The lowest BCUT2D eigenvalue weighted by Crippen LogP contribution is -2.57. The number of thioether (sulfide) groups is 1. The van der Waals surface area contributed by atoms with Gasteiger partial charge in [-0.05, 0) is 79.5 Å². The van der Waals surface area contributed by atoms with E-state index in [0.29, 0.717) is 10.6 Å². The fourth-order valence-electron chi connectivity index (χ4n) is 3.57. The second-order valence-electron chi connectivity index (χ2n) is 7.91. The Balaban J connectivity index is 1.53. The minimum atomic E-state index is -1.16. The molecule has 9 heteroatoms. The number of nitrogens with zero attached hydrogens (tertiary/aromatic N) is 1. The Kier molecular flexibility index (Phi) is 6.53. The minimum Gasteiger partial charge on any atom is -0.357 e. The fraction of sp³-hybridized carbons (Fsp3) is 0.250. The Hall–Kier alpha value is -3.17. The molecule has 2 saturated heterocycles. The predicted molar refractivity (Wildman–Crippen MR) is 135 cm³/mol. The summed E-state index contributed by atoms with van der Waals surface area (Å²) in [6, 6.07) is 13.5. The Labute approximate surface area is 202 Å². The first-order chi connectivity index (χ1) is 15.8. The first-order valence-corrected chi connectivity index (χ1v) is 11.9. The Bertz CT molecular complexity index is 1180. The van der Waals surface area contributed by atoms with Crippen LogP contribution >= 0.6 is 24.0 Å². The van der Waals surface area contributed by atoms with Crippen LogP contribution in [0.3, 0.4) is 0 Å². The highest BCUT2D eigenvalue weighted by atomic mass is 32.2. The van der Waals surface area contributed by atoms with Gasteiger partial charge in [0.1, 0.15) is 5.92 Å². The van der Waals surface area contributed by atoms with Crippen LogP contribution in [0, 0.1) is 19.8 Å². The Morgan fingerprint density at radius 2 is 1.82 bits per heavy atom. The minimum absolute atomic E-state index is 0.0292. The summed E-state index contributed by atoms with van der Waals surface area (Å²) in [6.07, 6.45) is 2.36. The van der Waals surface area contributed by atoms with Crippen molar-refractivity contribution in [3.63, 3.8) is 0 Å². The average molecular weight is 481 g/mol. The van der Waals surface area contributed by atoms with Gasteiger partial charge in [0.2, 0.25) is 11.8 Å². The second kappa shape index (κ2) is 9.36. The highest BCUT2D eigenvalue weighted by molar-refractivity contribution is 8.05. The number of anilines is 2. The van der Waals surface area contributed by atoms with E-state index in [-0.39, 0.29) is 11.0 Å². The van der Waals surface area contributed by atoms with Crippen molar-refractivity contribution >= 4 is 58.2 Å². The van der Waals surface area contributed by atoms with Gasteiger partial charge in [-0.1, -0.05) is 36.9 Å². The quantitative estimate of drug-likeness (QED) is 0.345. The van der Waals surface area contributed by atoms with Crippen molar-refractivity contribution in [2.75, 3.05) is 10.2 Å². The first-order valence-electron chi connectivity index (χ1n) is 10.6. The molecule has 2 atom stereocenters. The highest BCUT2D eigenvalue weighted by Crippen LogP contribution is 2.31. The van der Waals surface area contributed by atoms with Gasteiger partial charge >= 0.3 is 0 Å². The molecule has 170 valence electrons. The van der Waals surface area contributed by atoms with Gasteiger partial charge in [-0.3, -0.25) is 19.3 Å². The second-order valence-corrected chi connectivity index (χ2v) is 9.44. The largest absolute Gasteiger partial charge is 0.357 e. The molecule has 0 radical (unpaired) electrons. The molecule has 0 saturated carbocycles. The summed E-state index contributed by atoms with van der Waals surface area (Å²) in [6.45, 7) is 6.00. The molecule has 33 heavy (non-hydrogen) atoms. The van der Waals surface area contributed by atoms with Gasteiger partial charge in [0.25, 0.3) is 5.91 Å². The fourth-order valence-corrected chi connectivity index (χ4v) is 4.86. The van der Waals surface area contributed by atoms with Crippen LogP contribution in [0.25, 0.3) is 0 Å². The van der Waals surface area contributed by atoms with Crippen molar-refractivity contribution in [3.05, 3.63) is 70.1 Å². The molecule has 2 aliphatic heterocycles. The van der Waals surface area contributed by atoms with E-state index in [2.05, 4.69) is 22.9 Å². The molecular formula is C24H24N4O3S2. The van der Waals surface area contributed by atoms with Gasteiger partial charge in [-0.25, -0.2) is 0 Å². The summed E-state index contributed by atoms with van der Waals surface area (Å²) < 4.78 is 0. The monoisotopic (exact) mass is 480 g/mol. The number of aryl methyl sites for hydroxylation is 3. The predicted octanol–water partition coefficient (Wildman–Crippen LogP) is 3.37. The topological polar surface area (TPSA) is 90.5 Å². The maximum Gasteiger partial charge on any atom is 0.259 e. The summed E-state index contributed by atoms with van der Waals surface area (Å²) in [5.41, 5.74) is 4.34. The molecule has 0 spiro atoms. The van der Waals surface area contributed by atoms with Crippen molar-refractivity contribution < 1.29 is 14.4 Å². The molecule has 7 nitrogen and oxygen atoms in total. The van der Waals surface area contributed by atoms with Gasteiger partial charge < -0.3 is 16.0 Å². The molecule has 2 fully saturated rings. The lowest BCUT2D eigenvalue weighted by molar-refractivity contribution is -0.131. The van der Waals surface area contributed by atoms with Crippen LogP contribution in [0.15, 0.2) is 53.4 Å². The number of hydrogen-bond acceptors (Lipinski definition) is 6. The molecule has 4 rings (SSSR count). The van der Waals surface area contributed by atoms with Crippen LogP contribution in [0.5, 0.6) is 0 Å². The Morgan fingerprint density at radius 1 is 1.09 bits per heavy atom. The smallest absolute Gasteiger partial charge is 0.259 e. The lowest BCUT2D eigenvalue weighted by atomic mass is 10.0. The molecule has 0 aliphatic carbocycles. The van der Waals surface area contributed by atoms with Crippen LogP contribution in [0.4, 0.5) is 11.4 Å². The van der Waals surface area contributed by atoms with E-state index in [1.54, 1.807) is 6.07 Å². The number of hydrogen-bond donors (Lipinski definition) is 3. The van der Waals surface area contributed by atoms with E-state index in [4.69, 9.17) is 12.2 Å². The number of nitrogens with one attached hydrogen (secondary N) is 3. The summed E-state index contributed by atoms with van der Waals surface area (Å²) >= 11 is 6.49. The number of carbonyl (C=O) groups excluding carboxylic acids is 3. The maximum absolute atomic E-state index is 13.2. The molecule has 3 amide bonds. The number of thiocarbonyl (C=S) groups is 1. The van der Waals surface area contributed by atoms with Crippen molar-refractivity contribution in [2.45, 2.75) is 32.7 Å². The van der Waals surface area contributed by atoms with E-state index in [0.717, 1.165) is 23.2 Å². The molecule has 2 heterocycles. The van der Waals surface area contributed by atoms with Crippen LogP contribution < -0.4 is 20.9 Å². The normalized spacial score (nSPS) is 21.9.